The Hall–Kier alpha value is -4.27. The molecular formula is C27H29N3O6. The van der Waals surface area contributed by atoms with E-state index in [9.17, 15) is 9.59 Å². The van der Waals surface area contributed by atoms with Crippen molar-refractivity contribution in [1.82, 2.24) is 9.55 Å². The summed E-state index contributed by atoms with van der Waals surface area (Å²) in [6, 6.07) is 11.0. The second kappa shape index (κ2) is 10.6. The third-order valence-electron chi connectivity index (χ3n) is 6.15. The Morgan fingerprint density at radius 3 is 2.61 bits per heavy atom. The molecule has 1 aliphatic rings. The van der Waals surface area contributed by atoms with E-state index in [0.29, 0.717) is 47.0 Å². The number of nitrogens with zero attached hydrogens (tertiary/aromatic N) is 2. The first kappa shape index (κ1) is 24.8. The van der Waals surface area contributed by atoms with Crippen LogP contribution in [0.2, 0.25) is 0 Å². The Kier molecular flexibility index (Phi) is 7.28. The lowest BCUT2D eigenvalue weighted by Crippen LogP contribution is -2.35. The van der Waals surface area contributed by atoms with E-state index in [4.69, 9.17) is 24.7 Å². The Bertz CT molecular complexity index is 1360. The zero-order valence-corrected chi connectivity index (χ0v) is 20.7. The van der Waals surface area contributed by atoms with Crippen molar-refractivity contribution in [2.24, 2.45) is 5.73 Å². The number of pyridine rings is 2. The quantitative estimate of drug-likeness (QED) is 0.478. The smallest absolute Gasteiger partial charge is 0.340 e. The van der Waals surface area contributed by atoms with Crippen molar-refractivity contribution in [2.45, 2.75) is 32.7 Å². The molecule has 3 heterocycles. The first-order valence-corrected chi connectivity index (χ1v) is 11.6. The fourth-order valence-electron chi connectivity index (χ4n) is 4.43. The van der Waals surface area contributed by atoms with Crippen molar-refractivity contribution >= 4 is 5.97 Å². The molecule has 0 fully saturated rings. The predicted octanol–water partition coefficient (Wildman–Crippen LogP) is 3.07. The zero-order valence-electron chi connectivity index (χ0n) is 20.7. The van der Waals surface area contributed by atoms with Gasteiger partial charge in [0.15, 0.2) is 11.5 Å². The van der Waals surface area contributed by atoms with Crippen molar-refractivity contribution in [3.8, 4) is 17.2 Å². The van der Waals surface area contributed by atoms with Crippen molar-refractivity contribution in [2.75, 3.05) is 20.8 Å². The number of ether oxygens (including phenoxy) is 4. The van der Waals surface area contributed by atoms with Gasteiger partial charge in [-0.05, 0) is 49.6 Å². The molecule has 0 saturated carbocycles. The average molecular weight is 492 g/mol. The van der Waals surface area contributed by atoms with Crippen LogP contribution in [0.15, 0.2) is 65.0 Å². The van der Waals surface area contributed by atoms with Crippen molar-refractivity contribution in [3.63, 3.8) is 0 Å². The summed E-state index contributed by atoms with van der Waals surface area (Å²) >= 11 is 0. The Balaban J connectivity index is 1.78. The van der Waals surface area contributed by atoms with Gasteiger partial charge < -0.3 is 29.2 Å². The second-order valence-electron chi connectivity index (χ2n) is 8.28. The summed E-state index contributed by atoms with van der Waals surface area (Å²) in [5.41, 5.74) is 8.64. The molecule has 0 bridgehead atoms. The standard InChI is InChI=1S/C27H29N3O6/c1-5-35-27(32)24-22(18-7-6-11-29-15-18)23-21(36-25(24)28)13-16(2)30(26(23)31)12-10-17-8-9-19(33-3)20(14-17)34-4/h6-9,11,13-15,22H,5,10,12,28H2,1-4H3/t22-/m1/s1. The van der Waals surface area contributed by atoms with Gasteiger partial charge >= 0.3 is 5.97 Å². The number of aryl methyl sites for hydroxylation is 2. The van der Waals surface area contributed by atoms with Gasteiger partial charge in [-0.1, -0.05) is 12.1 Å². The third-order valence-corrected chi connectivity index (χ3v) is 6.15. The Morgan fingerprint density at radius 1 is 1.17 bits per heavy atom. The van der Waals surface area contributed by atoms with Gasteiger partial charge in [0.1, 0.15) is 11.3 Å². The van der Waals surface area contributed by atoms with E-state index in [1.807, 2.05) is 25.1 Å². The number of aromatic nitrogens is 2. The third kappa shape index (κ3) is 4.64. The lowest BCUT2D eigenvalue weighted by molar-refractivity contribution is -0.139. The molecule has 0 unspecified atom stereocenters. The molecule has 4 rings (SSSR count). The number of nitrogens with two attached hydrogens (primary N) is 1. The Labute approximate surface area is 209 Å². The number of benzene rings is 1. The molecule has 1 atom stereocenters. The number of rotatable bonds is 8. The number of hydrogen-bond acceptors (Lipinski definition) is 8. The summed E-state index contributed by atoms with van der Waals surface area (Å²) in [5.74, 6) is 0.0780. The molecule has 0 aliphatic carbocycles. The highest BCUT2D eigenvalue weighted by Gasteiger charge is 2.38. The van der Waals surface area contributed by atoms with Crippen molar-refractivity contribution in [1.29, 1.82) is 0 Å². The van der Waals surface area contributed by atoms with Crippen LogP contribution < -0.4 is 25.5 Å². The van der Waals surface area contributed by atoms with Crippen LogP contribution in [0, 0.1) is 6.92 Å². The van der Waals surface area contributed by atoms with Crippen LogP contribution >= 0.6 is 0 Å². The second-order valence-corrected chi connectivity index (χ2v) is 8.28. The molecule has 0 radical (unpaired) electrons. The number of fused-ring (bicyclic) bond motifs is 1. The van der Waals surface area contributed by atoms with Gasteiger partial charge in [0.05, 0.1) is 32.3 Å². The van der Waals surface area contributed by atoms with Crippen LogP contribution in [0.1, 0.15) is 35.2 Å². The first-order chi connectivity index (χ1) is 17.4. The minimum atomic E-state index is -0.776. The summed E-state index contributed by atoms with van der Waals surface area (Å²) in [6.45, 7) is 4.10. The minimum Gasteiger partial charge on any atom is -0.493 e. The lowest BCUT2D eigenvalue weighted by Gasteiger charge is -2.29. The van der Waals surface area contributed by atoms with E-state index in [1.165, 1.54) is 0 Å². The molecule has 188 valence electrons. The van der Waals surface area contributed by atoms with E-state index in [-0.39, 0.29) is 23.6 Å². The average Bonchev–Trinajstić information content (AvgIpc) is 2.88. The van der Waals surface area contributed by atoms with Crippen LogP contribution in [-0.2, 0) is 22.5 Å². The van der Waals surface area contributed by atoms with E-state index >= 15 is 0 Å². The van der Waals surface area contributed by atoms with Gasteiger partial charge in [0.2, 0.25) is 5.88 Å². The van der Waals surface area contributed by atoms with Crippen LogP contribution in [0.25, 0.3) is 0 Å². The summed E-state index contributed by atoms with van der Waals surface area (Å²) in [7, 11) is 3.17. The topological polar surface area (TPSA) is 115 Å². The van der Waals surface area contributed by atoms with E-state index < -0.39 is 11.9 Å². The fourth-order valence-corrected chi connectivity index (χ4v) is 4.43. The number of carbonyl (C=O) groups excluding carboxylic acids is 1. The molecule has 0 spiro atoms. The Morgan fingerprint density at radius 2 is 1.94 bits per heavy atom. The minimum absolute atomic E-state index is 0.0864. The van der Waals surface area contributed by atoms with Gasteiger partial charge in [-0.15, -0.1) is 0 Å². The molecule has 36 heavy (non-hydrogen) atoms. The number of hydrogen-bond donors (Lipinski definition) is 1. The number of methoxy groups -OCH3 is 2. The van der Waals surface area contributed by atoms with E-state index in [0.717, 1.165) is 5.56 Å². The summed E-state index contributed by atoms with van der Waals surface area (Å²) in [4.78, 5) is 31.0. The normalized spacial score (nSPS) is 14.6. The fraction of sp³-hybridized carbons (Fsp3) is 0.296. The molecule has 9 heteroatoms. The van der Waals surface area contributed by atoms with Crippen molar-refractivity contribution < 1.29 is 23.7 Å². The molecule has 1 aliphatic heterocycles. The van der Waals surface area contributed by atoms with Gasteiger partial charge in [-0.2, -0.15) is 0 Å². The molecule has 2 N–H and O–H groups in total. The lowest BCUT2D eigenvalue weighted by atomic mass is 9.84. The maximum Gasteiger partial charge on any atom is 0.340 e. The van der Waals surface area contributed by atoms with Crippen LogP contribution in [0.4, 0.5) is 0 Å². The summed E-state index contributed by atoms with van der Waals surface area (Å²) < 4.78 is 23.4. The van der Waals surface area contributed by atoms with Crippen LogP contribution in [-0.4, -0.2) is 36.3 Å². The molecule has 1 aromatic carbocycles. The highest BCUT2D eigenvalue weighted by molar-refractivity contribution is 5.92. The molecule has 0 saturated heterocycles. The summed E-state index contributed by atoms with van der Waals surface area (Å²) in [6.07, 6.45) is 3.80. The molecule has 3 aromatic rings. The molecular weight excluding hydrogens is 462 g/mol. The zero-order chi connectivity index (χ0) is 25.8. The maximum atomic E-state index is 13.9. The van der Waals surface area contributed by atoms with Gasteiger partial charge in [-0.25, -0.2) is 4.79 Å². The van der Waals surface area contributed by atoms with Gasteiger partial charge in [-0.3, -0.25) is 9.78 Å². The van der Waals surface area contributed by atoms with Crippen LogP contribution in [0.3, 0.4) is 0 Å². The predicted molar refractivity (Wildman–Crippen MR) is 133 cm³/mol. The van der Waals surface area contributed by atoms with Crippen LogP contribution in [0.5, 0.6) is 17.2 Å². The maximum absolute atomic E-state index is 13.9. The van der Waals surface area contributed by atoms with E-state index in [1.54, 1.807) is 56.3 Å². The van der Waals surface area contributed by atoms with Gasteiger partial charge in [0.25, 0.3) is 5.56 Å². The number of carbonyl (C=O) groups is 1. The molecule has 9 nitrogen and oxygen atoms in total. The summed E-state index contributed by atoms with van der Waals surface area (Å²) in [5, 5.41) is 0. The first-order valence-electron chi connectivity index (χ1n) is 11.6. The highest BCUT2D eigenvalue weighted by atomic mass is 16.5. The van der Waals surface area contributed by atoms with Crippen molar-refractivity contribution in [3.05, 3.63) is 93.0 Å². The number of esters is 1. The molecule has 0 amide bonds. The van der Waals surface area contributed by atoms with E-state index in [2.05, 4.69) is 4.98 Å². The molecule has 2 aromatic heterocycles. The monoisotopic (exact) mass is 491 g/mol. The highest BCUT2D eigenvalue weighted by Crippen LogP contribution is 2.41. The largest absolute Gasteiger partial charge is 0.493 e. The van der Waals surface area contributed by atoms with Gasteiger partial charge in [0, 0.05) is 30.7 Å². The SMILES string of the molecule is CCOC(=O)C1=C(N)Oc2cc(C)n(CCc3ccc(OC)c(OC)c3)c(=O)c2[C@H]1c1cccnc1.